The topological polar surface area (TPSA) is 87.0 Å². The van der Waals surface area contributed by atoms with Gasteiger partial charge in [-0.3, -0.25) is 4.57 Å². The third-order valence-corrected chi connectivity index (χ3v) is 2.71. The van der Waals surface area contributed by atoms with E-state index in [0.717, 1.165) is 0 Å². The molecule has 0 heterocycles. The number of aromatic hydroxyl groups is 1. The predicted molar refractivity (Wildman–Crippen MR) is 55.1 cm³/mol. The molecular weight excluding hydrogens is 219 g/mol. The molecule has 0 aliphatic carbocycles. The standard InChI is InChI=1S/C9H13O5P/c1-6-3-7(5-15(11,12)13)4-8(14-2)9(6)10/h3-4,10H,5H2,1-2H3,(H2,11,12,13). The maximum absolute atomic E-state index is 10.8. The molecule has 0 aliphatic heterocycles. The van der Waals surface area contributed by atoms with Gasteiger partial charge in [-0.15, -0.1) is 0 Å². The maximum Gasteiger partial charge on any atom is 0.329 e. The van der Waals surface area contributed by atoms with Gasteiger partial charge in [0.05, 0.1) is 13.3 Å². The molecule has 0 radical (unpaired) electrons. The van der Waals surface area contributed by atoms with Gasteiger partial charge in [0.2, 0.25) is 0 Å². The molecule has 84 valence electrons. The molecule has 0 saturated carbocycles. The molecule has 5 nitrogen and oxygen atoms in total. The number of hydrogen-bond donors (Lipinski definition) is 3. The van der Waals surface area contributed by atoms with Crippen molar-refractivity contribution in [2.75, 3.05) is 7.11 Å². The summed E-state index contributed by atoms with van der Waals surface area (Å²) >= 11 is 0. The molecule has 0 atom stereocenters. The van der Waals surface area contributed by atoms with Gasteiger partial charge in [0.25, 0.3) is 0 Å². The van der Waals surface area contributed by atoms with Gasteiger partial charge in [0, 0.05) is 0 Å². The van der Waals surface area contributed by atoms with E-state index in [4.69, 9.17) is 14.5 Å². The predicted octanol–water partition coefficient (Wildman–Crippen LogP) is 1.39. The van der Waals surface area contributed by atoms with Crippen LogP contribution in [0, 0.1) is 6.92 Å². The summed E-state index contributed by atoms with van der Waals surface area (Å²) in [6, 6.07) is 2.94. The summed E-state index contributed by atoms with van der Waals surface area (Å²) in [6.07, 6.45) is -0.357. The highest BCUT2D eigenvalue weighted by Gasteiger charge is 2.16. The fourth-order valence-electron chi connectivity index (χ4n) is 1.30. The van der Waals surface area contributed by atoms with Gasteiger partial charge in [-0.1, -0.05) is 6.07 Å². The molecule has 1 rings (SSSR count). The van der Waals surface area contributed by atoms with E-state index in [-0.39, 0.29) is 17.7 Å². The van der Waals surface area contributed by atoms with Crippen molar-refractivity contribution in [3.8, 4) is 11.5 Å². The van der Waals surface area contributed by atoms with E-state index in [0.29, 0.717) is 11.1 Å². The van der Waals surface area contributed by atoms with Crippen molar-refractivity contribution in [1.29, 1.82) is 0 Å². The quantitative estimate of drug-likeness (QED) is 0.685. The summed E-state index contributed by atoms with van der Waals surface area (Å²) in [5, 5.41) is 9.50. The smallest absolute Gasteiger partial charge is 0.329 e. The third kappa shape index (κ3) is 3.23. The molecule has 0 unspecified atom stereocenters. The van der Waals surface area contributed by atoms with Crippen LogP contribution in [0.2, 0.25) is 0 Å². The van der Waals surface area contributed by atoms with Crippen LogP contribution < -0.4 is 4.74 Å². The number of rotatable bonds is 3. The van der Waals surface area contributed by atoms with E-state index in [9.17, 15) is 9.67 Å². The second kappa shape index (κ2) is 4.23. The Morgan fingerprint density at radius 3 is 2.47 bits per heavy atom. The Bertz CT molecular complexity index is 409. The summed E-state index contributed by atoms with van der Waals surface area (Å²) in [7, 11) is -2.71. The lowest BCUT2D eigenvalue weighted by atomic mass is 10.1. The highest BCUT2D eigenvalue weighted by atomic mass is 31.2. The molecule has 0 spiro atoms. The Morgan fingerprint density at radius 1 is 1.40 bits per heavy atom. The normalized spacial score (nSPS) is 11.5. The van der Waals surface area contributed by atoms with Crippen molar-refractivity contribution < 1.29 is 24.2 Å². The monoisotopic (exact) mass is 232 g/mol. The zero-order valence-electron chi connectivity index (χ0n) is 8.47. The molecule has 0 saturated heterocycles. The number of methoxy groups -OCH3 is 1. The number of benzene rings is 1. The van der Waals surface area contributed by atoms with Crippen LogP contribution in [0.4, 0.5) is 0 Å². The van der Waals surface area contributed by atoms with Gasteiger partial charge >= 0.3 is 7.60 Å². The number of hydrogen-bond acceptors (Lipinski definition) is 3. The average Bonchev–Trinajstić information content (AvgIpc) is 2.08. The van der Waals surface area contributed by atoms with E-state index in [2.05, 4.69) is 0 Å². The summed E-state index contributed by atoms with van der Waals surface area (Å²) < 4.78 is 15.7. The van der Waals surface area contributed by atoms with Gasteiger partial charge in [0.1, 0.15) is 0 Å². The van der Waals surface area contributed by atoms with E-state index >= 15 is 0 Å². The van der Waals surface area contributed by atoms with Crippen LogP contribution in [-0.4, -0.2) is 22.0 Å². The van der Waals surface area contributed by atoms with Crippen molar-refractivity contribution in [3.05, 3.63) is 23.3 Å². The van der Waals surface area contributed by atoms with Crippen molar-refractivity contribution >= 4 is 7.60 Å². The first-order valence-electron chi connectivity index (χ1n) is 4.24. The summed E-state index contributed by atoms with van der Waals surface area (Å²) in [4.78, 5) is 17.6. The second-order valence-corrected chi connectivity index (χ2v) is 4.93. The second-order valence-electron chi connectivity index (χ2n) is 3.29. The lowest BCUT2D eigenvalue weighted by Crippen LogP contribution is -1.92. The minimum atomic E-state index is -4.09. The summed E-state index contributed by atoms with van der Waals surface area (Å²) in [5.41, 5.74) is 0.966. The van der Waals surface area contributed by atoms with Crippen LogP contribution >= 0.6 is 7.60 Å². The Morgan fingerprint density at radius 2 is 2.00 bits per heavy atom. The molecular formula is C9H13O5P. The fourth-order valence-corrected chi connectivity index (χ4v) is 1.96. The minimum Gasteiger partial charge on any atom is -0.504 e. The van der Waals surface area contributed by atoms with Gasteiger partial charge in [-0.25, -0.2) is 0 Å². The number of phenols is 1. The number of ether oxygens (including phenoxy) is 1. The van der Waals surface area contributed by atoms with Crippen LogP contribution in [0.25, 0.3) is 0 Å². The van der Waals surface area contributed by atoms with Crippen molar-refractivity contribution in [2.45, 2.75) is 13.1 Å². The zero-order valence-corrected chi connectivity index (χ0v) is 9.36. The summed E-state index contributed by atoms with van der Waals surface area (Å²) in [5.74, 6) is 0.213. The third-order valence-electron chi connectivity index (χ3n) is 1.93. The fraction of sp³-hybridized carbons (Fsp3) is 0.333. The van der Waals surface area contributed by atoms with E-state index in [1.165, 1.54) is 19.2 Å². The highest BCUT2D eigenvalue weighted by Crippen LogP contribution is 2.41. The van der Waals surface area contributed by atoms with Crippen LogP contribution in [0.5, 0.6) is 11.5 Å². The Kier molecular flexibility index (Phi) is 3.39. The van der Waals surface area contributed by atoms with Crippen LogP contribution in [0.1, 0.15) is 11.1 Å². The molecule has 1 aromatic carbocycles. The molecule has 6 heteroatoms. The zero-order chi connectivity index (χ0) is 11.6. The lowest BCUT2D eigenvalue weighted by Gasteiger charge is -2.10. The lowest BCUT2D eigenvalue weighted by molar-refractivity contribution is 0.367. The molecule has 15 heavy (non-hydrogen) atoms. The van der Waals surface area contributed by atoms with Gasteiger partial charge in [-0.2, -0.15) is 0 Å². The largest absolute Gasteiger partial charge is 0.504 e. The first-order valence-corrected chi connectivity index (χ1v) is 6.04. The first-order chi connectivity index (χ1) is 6.83. The van der Waals surface area contributed by atoms with Gasteiger partial charge in [0.15, 0.2) is 11.5 Å². The Balaban J connectivity index is 3.12. The average molecular weight is 232 g/mol. The van der Waals surface area contributed by atoms with Crippen LogP contribution in [0.15, 0.2) is 12.1 Å². The van der Waals surface area contributed by atoms with Crippen LogP contribution in [-0.2, 0) is 10.7 Å². The first kappa shape index (κ1) is 12.0. The molecule has 3 N–H and O–H groups in total. The molecule has 0 bridgehead atoms. The Labute approximate surface area is 87.5 Å². The molecule has 0 aliphatic rings. The molecule has 1 aromatic rings. The SMILES string of the molecule is COc1cc(CP(=O)(O)O)cc(C)c1O. The minimum absolute atomic E-state index is 0.00744. The molecule has 0 fully saturated rings. The van der Waals surface area contributed by atoms with Gasteiger partial charge < -0.3 is 19.6 Å². The van der Waals surface area contributed by atoms with Crippen molar-refractivity contribution in [2.24, 2.45) is 0 Å². The maximum atomic E-state index is 10.8. The Hall–Kier alpha value is -1.03. The van der Waals surface area contributed by atoms with E-state index in [1.54, 1.807) is 6.92 Å². The van der Waals surface area contributed by atoms with E-state index in [1.807, 2.05) is 0 Å². The van der Waals surface area contributed by atoms with E-state index < -0.39 is 7.60 Å². The summed E-state index contributed by atoms with van der Waals surface area (Å²) in [6.45, 7) is 1.64. The van der Waals surface area contributed by atoms with Crippen LogP contribution in [0.3, 0.4) is 0 Å². The van der Waals surface area contributed by atoms with Gasteiger partial charge in [-0.05, 0) is 24.1 Å². The number of phenolic OH excluding ortho intramolecular Hbond substituents is 1. The number of aryl methyl sites for hydroxylation is 1. The molecule has 0 aromatic heterocycles. The van der Waals surface area contributed by atoms with Crippen molar-refractivity contribution in [1.82, 2.24) is 0 Å². The highest BCUT2D eigenvalue weighted by molar-refractivity contribution is 7.50. The molecule has 0 amide bonds. The van der Waals surface area contributed by atoms with Crippen molar-refractivity contribution in [3.63, 3.8) is 0 Å².